The maximum absolute atomic E-state index is 12.3. The molecule has 0 saturated carbocycles. The third-order valence-corrected chi connectivity index (χ3v) is 3.80. The molecule has 0 radical (unpaired) electrons. The first kappa shape index (κ1) is 17.0. The van der Waals surface area contributed by atoms with Crippen LogP contribution in [0.4, 0.5) is 4.79 Å². The lowest BCUT2D eigenvalue weighted by molar-refractivity contribution is -0.139. The molecule has 5 nitrogen and oxygen atoms in total. The summed E-state index contributed by atoms with van der Waals surface area (Å²) in [5.74, 6) is -1.08. The molecule has 1 rings (SSSR count). The highest BCUT2D eigenvalue weighted by atomic mass is 16.4. The van der Waals surface area contributed by atoms with Gasteiger partial charge in [0.1, 0.15) is 0 Å². The molecule has 0 saturated heterocycles. The van der Waals surface area contributed by atoms with Crippen LogP contribution < -0.4 is 5.32 Å². The predicted octanol–water partition coefficient (Wildman–Crippen LogP) is 2.89. The van der Waals surface area contributed by atoms with Crippen LogP contribution in [0.3, 0.4) is 0 Å². The van der Waals surface area contributed by atoms with Gasteiger partial charge in [0.2, 0.25) is 0 Å². The number of urea groups is 1. The van der Waals surface area contributed by atoms with Gasteiger partial charge in [-0.3, -0.25) is 0 Å². The predicted molar refractivity (Wildman–Crippen MR) is 82.0 cm³/mol. The Morgan fingerprint density at radius 1 is 1.19 bits per heavy atom. The van der Waals surface area contributed by atoms with Crippen molar-refractivity contribution in [1.29, 1.82) is 0 Å². The zero-order valence-corrected chi connectivity index (χ0v) is 13.3. The molecule has 2 N–H and O–H groups in total. The maximum atomic E-state index is 12.3. The number of hydrogen-bond acceptors (Lipinski definition) is 2. The minimum Gasteiger partial charge on any atom is -0.479 e. The molecule has 0 heterocycles. The van der Waals surface area contributed by atoms with Crippen LogP contribution in [0.5, 0.6) is 0 Å². The fraction of sp³-hybridized carbons (Fsp3) is 0.500. The average Bonchev–Trinajstić information content (AvgIpc) is 2.42. The molecule has 0 fully saturated rings. The molecule has 0 aliphatic rings. The number of rotatable bonds is 4. The Hall–Kier alpha value is -2.04. The average molecular weight is 292 g/mol. The highest BCUT2D eigenvalue weighted by Crippen LogP contribution is 2.23. The van der Waals surface area contributed by atoms with Crippen molar-refractivity contribution in [2.45, 2.75) is 39.8 Å². The molecule has 1 aromatic rings. The summed E-state index contributed by atoms with van der Waals surface area (Å²) in [6.45, 7) is 8.05. The van der Waals surface area contributed by atoms with E-state index >= 15 is 0 Å². The smallest absolute Gasteiger partial charge is 0.330 e. The minimum absolute atomic E-state index is 0.0253. The molecule has 2 amide bonds. The Kier molecular flexibility index (Phi) is 5.35. The number of carbonyl (C=O) groups is 2. The van der Waals surface area contributed by atoms with E-state index in [1.54, 1.807) is 42.3 Å². The first-order valence-corrected chi connectivity index (χ1v) is 6.95. The van der Waals surface area contributed by atoms with Crippen molar-refractivity contribution >= 4 is 12.0 Å². The molecule has 1 unspecified atom stereocenters. The van der Waals surface area contributed by atoms with Crippen molar-refractivity contribution in [3.05, 3.63) is 35.9 Å². The molecule has 0 spiro atoms. The van der Waals surface area contributed by atoms with Crippen molar-refractivity contribution < 1.29 is 14.7 Å². The van der Waals surface area contributed by atoms with Crippen molar-refractivity contribution in [1.82, 2.24) is 10.2 Å². The van der Waals surface area contributed by atoms with Gasteiger partial charge >= 0.3 is 12.0 Å². The van der Waals surface area contributed by atoms with E-state index in [9.17, 15) is 14.7 Å². The molecule has 5 heteroatoms. The van der Waals surface area contributed by atoms with Gasteiger partial charge in [-0.05, 0) is 17.9 Å². The van der Waals surface area contributed by atoms with Crippen LogP contribution in [0.25, 0.3) is 0 Å². The van der Waals surface area contributed by atoms with Gasteiger partial charge in [0.15, 0.2) is 6.04 Å². The number of nitrogens with one attached hydrogen (secondary N) is 1. The molecular formula is C16H24N2O3. The second-order valence-electron chi connectivity index (χ2n) is 6.28. The summed E-state index contributed by atoms with van der Waals surface area (Å²) in [6.07, 6.45) is 0. The molecule has 0 aliphatic heterocycles. The van der Waals surface area contributed by atoms with Crippen LogP contribution in [0.15, 0.2) is 30.3 Å². The van der Waals surface area contributed by atoms with E-state index in [-0.39, 0.29) is 11.5 Å². The van der Waals surface area contributed by atoms with Crippen LogP contribution in [-0.2, 0) is 4.79 Å². The van der Waals surface area contributed by atoms with E-state index in [4.69, 9.17) is 0 Å². The zero-order chi connectivity index (χ0) is 16.2. The summed E-state index contributed by atoms with van der Waals surface area (Å²) in [7, 11) is 1.68. The van der Waals surface area contributed by atoms with Crippen molar-refractivity contribution in [3.63, 3.8) is 0 Å². The van der Waals surface area contributed by atoms with Gasteiger partial charge in [-0.1, -0.05) is 51.1 Å². The van der Waals surface area contributed by atoms with Gasteiger partial charge in [0, 0.05) is 13.1 Å². The molecule has 0 aromatic heterocycles. The molecule has 0 aliphatic carbocycles. The zero-order valence-electron chi connectivity index (χ0n) is 13.3. The maximum Gasteiger partial charge on any atom is 0.330 e. The van der Waals surface area contributed by atoms with E-state index in [1.165, 1.54) is 0 Å². The van der Waals surface area contributed by atoms with Gasteiger partial charge in [-0.2, -0.15) is 0 Å². The fourth-order valence-electron chi connectivity index (χ4n) is 1.92. The van der Waals surface area contributed by atoms with Gasteiger partial charge in [0.25, 0.3) is 0 Å². The van der Waals surface area contributed by atoms with Crippen LogP contribution in [0, 0.1) is 5.41 Å². The topological polar surface area (TPSA) is 69.6 Å². The number of amides is 2. The molecule has 1 aromatic carbocycles. The lowest BCUT2D eigenvalue weighted by atomic mass is 9.87. The van der Waals surface area contributed by atoms with Crippen LogP contribution in [-0.4, -0.2) is 35.1 Å². The van der Waals surface area contributed by atoms with E-state index in [0.717, 1.165) is 0 Å². The minimum atomic E-state index is -1.08. The van der Waals surface area contributed by atoms with Gasteiger partial charge in [0.05, 0.1) is 0 Å². The third kappa shape index (κ3) is 4.48. The standard InChI is InChI=1S/C16H24N2O3/c1-11(16(2,3)4)18(5)15(21)17-13(14(19)20)12-9-7-6-8-10-12/h6-11,13H,1-5H3,(H,17,21)(H,19,20)/t11?,13-/m0/s1. The van der Waals surface area contributed by atoms with E-state index in [2.05, 4.69) is 5.32 Å². The second kappa shape index (κ2) is 6.61. The lowest BCUT2D eigenvalue weighted by Gasteiger charge is -2.35. The summed E-state index contributed by atoms with van der Waals surface area (Å²) in [4.78, 5) is 25.2. The van der Waals surface area contributed by atoms with E-state index in [1.807, 2.05) is 27.7 Å². The lowest BCUT2D eigenvalue weighted by Crippen LogP contribution is -2.49. The largest absolute Gasteiger partial charge is 0.479 e. The molecule has 21 heavy (non-hydrogen) atoms. The van der Waals surface area contributed by atoms with Crippen LogP contribution in [0.1, 0.15) is 39.3 Å². The Bertz CT molecular complexity index is 494. The Morgan fingerprint density at radius 2 is 1.71 bits per heavy atom. The number of hydrogen-bond donors (Lipinski definition) is 2. The number of nitrogens with zero attached hydrogens (tertiary/aromatic N) is 1. The van der Waals surface area contributed by atoms with Crippen LogP contribution in [0.2, 0.25) is 0 Å². The summed E-state index contributed by atoms with van der Waals surface area (Å²) >= 11 is 0. The summed E-state index contributed by atoms with van der Waals surface area (Å²) in [5.41, 5.74) is 0.465. The summed E-state index contributed by atoms with van der Waals surface area (Å²) in [6, 6.07) is 7.21. The van der Waals surface area contributed by atoms with E-state index in [0.29, 0.717) is 5.56 Å². The third-order valence-electron chi connectivity index (χ3n) is 3.80. The SMILES string of the molecule is CC(N(C)C(=O)N[C@H](C(=O)O)c1ccccc1)C(C)(C)C. The molecule has 116 valence electrons. The Balaban J connectivity index is 2.86. The number of carboxylic acids is 1. The fourth-order valence-corrected chi connectivity index (χ4v) is 1.92. The Labute approximate surface area is 126 Å². The number of benzene rings is 1. The summed E-state index contributed by atoms with van der Waals surface area (Å²) < 4.78 is 0. The normalized spacial score (nSPS) is 14.1. The molecule has 0 bridgehead atoms. The quantitative estimate of drug-likeness (QED) is 0.896. The molecule has 2 atom stereocenters. The van der Waals surface area contributed by atoms with Crippen molar-refractivity contribution in [2.75, 3.05) is 7.05 Å². The number of aliphatic carboxylic acids is 1. The second-order valence-corrected chi connectivity index (χ2v) is 6.28. The van der Waals surface area contributed by atoms with Crippen molar-refractivity contribution in [3.8, 4) is 0 Å². The van der Waals surface area contributed by atoms with E-state index < -0.39 is 18.0 Å². The first-order valence-electron chi connectivity index (χ1n) is 6.95. The number of carbonyl (C=O) groups excluding carboxylic acids is 1. The highest BCUT2D eigenvalue weighted by molar-refractivity contribution is 5.83. The van der Waals surface area contributed by atoms with Gasteiger partial charge in [-0.15, -0.1) is 0 Å². The van der Waals surface area contributed by atoms with Crippen molar-refractivity contribution in [2.24, 2.45) is 5.41 Å². The summed E-state index contributed by atoms with van der Waals surface area (Å²) in [5, 5.41) is 11.9. The van der Waals surface area contributed by atoms with Gasteiger partial charge in [-0.25, -0.2) is 9.59 Å². The van der Waals surface area contributed by atoms with Crippen LogP contribution >= 0.6 is 0 Å². The highest BCUT2D eigenvalue weighted by Gasteiger charge is 2.30. The Morgan fingerprint density at radius 3 is 2.14 bits per heavy atom. The number of carboxylic acid groups (broad SMARTS) is 1. The first-order chi connectivity index (χ1) is 9.64. The molecular weight excluding hydrogens is 268 g/mol. The monoisotopic (exact) mass is 292 g/mol. The van der Waals surface area contributed by atoms with Gasteiger partial charge < -0.3 is 15.3 Å².